The summed E-state index contributed by atoms with van der Waals surface area (Å²) in [5.74, 6) is -1.91. The zero-order valence-corrected chi connectivity index (χ0v) is 29.7. The Labute approximate surface area is 284 Å². The van der Waals surface area contributed by atoms with Crippen molar-refractivity contribution in [3.63, 3.8) is 0 Å². The second-order valence-electron chi connectivity index (χ2n) is 13.8. The lowest BCUT2D eigenvalue weighted by molar-refractivity contribution is 0.0694. The third-order valence-electron chi connectivity index (χ3n) is 8.94. The molecule has 1 unspecified atom stereocenters. The fraction of sp³-hybridized carbons (Fsp3) is 0.526. The standard InChI is InChI=1S/C38H52FN5O4/c1-25(2)10-8-12-27(5)16-18-42(19-17-28(6)13-9-11-26(3)4)21-29-22-43(24-34(29)41-48-7)37-33(39)20-31-35(45)32(38(46)47)23-44(30-14-15-30)36(31)40-37/h10-11,16-17,20,23,29-30H,8-9,12-15,18-19,21-22,24H2,1-7H3,(H,46,47)/b27-16+,28-17+,41-34+. The maximum Gasteiger partial charge on any atom is 0.341 e. The first-order valence-corrected chi connectivity index (χ1v) is 17.0. The van der Waals surface area contributed by atoms with E-state index in [1.165, 1.54) is 35.6 Å². The van der Waals surface area contributed by atoms with Gasteiger partial charge in [0.05, 0.1) is 17.6 Å². The molecule has 2 aromatic rings. The van der Waals surface area contributed by atoms with E-state index in [1.54, 1.807) is 4.57 Å². The molecule has 1 aliphatic carbocycles. The molecule has 0 aromatic carbocycles. The summed E-state index contributed by atoms with van der Waals surface area (Å²) in [5, 5.41) is 14.0. The molecular weight excluding hydrogens is 609 g/mol. The Morgan fingerprint density at radius 3 is 2.17 bits per heavy atom. The molecule has 3 heterocycles. The van der Waals surface area contributed by atoms with Crippen LogP contribution in [0.15, 0.2) is 68.8 Å². The second kappa shape index (κ2) is 16.9. The van der Waals surface area contributed by atoms with Gasteiger partial charge in [0.25, 0.3) is 0 Å². The number of anilines is 1. The van der Waals surface area contributed by atoms with Crippen LogP contribution in [0, 0.1) is 11.7 Å². The van der Waals surface area contributed by atoms with Crippen molar-refractivity contribution in [2.24, 2.45) is 11.1 Å². The number of carboxylic acids is 1. The molecule has 2 fully saturated rings. The summed E-state index contributed by atoms with van der Waals surface area (Å²) in [6.07, 6.45) is 16.3. The molecule has 10 heteroatoms. The quantitative estimate of drug-likeness (QED) is 0.145. The van der Waals surface area contributed by atoms with Gasteiger partial charge in [-0.25, -0.2) is 14.2 Å². The number of oxime groups is 1. The van der Waals surface area contributed by atoms with E-state index < -0.39 is 17.2 Å². The Morgan fingerprint density at radius 2 is 1.65 bits per heavy atom. The Kier molecular flexibility index (Phi) is 12.9. The average Bonchev–Trinajstić information content (AvgIpc) is 3.79. The van der Waals surface area contributed by atoms with E-state index in [4.69, 9.17) is 4.84 Å². The highest BCUT2D eigenvalue weighted by Gasteiger charge is 2.34. The Balaban J connectivity index is 1.60. The molecule has 1 atom stereocenters. The third-order valence-corrected chi connectivity index (χ3v) is 8.94. The predicted octanol–water partition coefficient (Wildman–Crippen LogP) is 7.69. The van der Waals surface area contributed by atoms with E-state index in [0.29, 0.717) is 25.3 Å². The summed E-state index contributed by atoms with van der Waals surface area (Å²) in [7, 11) is 1.52. The average molecular weight is 662 g/mol. The largest absolute Gasteiger partial charge is 0.477 e. The Bertz CT molecular complexity index is 1650. The first-order valence-electron chi connectivity index (χ1n) is 17.0. The lowest BCUT2D eigenvalue weighted by Crippen LogP contribution is -2.34. The number of aromatic nitrogens is 2. The molecular formula is C38H52FN5O4. The Hall–Kier alpha value is -4.05. The molecule has 2 aromatic heterocycles. The lowest BCUT2D eigenvalue weighted by Gasteiger charge is -2.24. The summed E-state index contributed by atoms with van der Waals surface area (Å²) >= 11 is 0. The molecule has 1 N–H and O–H groups in total. The maximum atomic E-state index is 15.8. The highest BCUT2D eigenvalue weighted by molar-refractivity contribution is 5.95. The van der Waals surface area contributed by atoms with Gasteiger partial charge in [0.1, 0.15) is 18.3 Å². The van der Waals surface area contributed by atoms with Gasteiger partial charge in [-0.1, -0.05) is 51.8 Å². The SMILES string of the molecule is CO/N=C1\CN(c2nc3c(cc2F)c(=O)c(C(=O)O)cn3C2CC2)CC1CN(C/C=C(\C)CCC=C(C)C)C/C=C(\C)CCC=C(C)C. The van der Waals surface area contributed by atoms with Gasteiger partial charge in [-0.2, -0.15) is 0 Å². The number of nitrogens with zero attached hydrogens (tertiary/aromatic N) is 5. The second-order valence-corrected chi connectivity index (χ2v) is 13.8. The number of hydrogen-bond donors (Lipinski definition) is 1. The van der Waals surface area contributed by atoms with Gasteiger partial charge in [0.15, 0.2) is 11.6 Å². The third kappa shape index (κ3) is 9.98. The van der Waals surface area contributed by atoms with Gasteiger partial charge in [-0.3, -0.25) is 9.69 Å². The van der Waals surface area contributed by atoms with Crippen molar-refractivity contribution >= 4 is 28.5 Å². The molecule has 0 radical (unpaired) electrons. The van der Waals surface area contributed by atoms with Crippen molar-refractivity contribution < 1.29 is 19.1 Å². The number of aromatic carboxylic acids is 1. The monoisotopic (exact) mass is 661 g/mol. The van der Waals surface area contributed by atoms with Crippen LogP contribution in [0.4, 0.5) is 10.2 Å². The van der Waals surface area contributed by atoms with E-state index in [1.807, 2.05) is 4.90 Å². The minimum atomic E-state index is -1.33. The fourth-order valence-corrected chi connectivity index (χ4v) is 6.03. The van der Waals surface area contributed by atoms with Gasteiger partial charge in [-0.05, 0) is 86.1 Å². The van der Waals surface area contributed by atoms with Gasteiger partial charge in [0.2, 0.25) is 5.43 Å². The maximum absolute atomic E-state index is 15.8. The van der Waals surface area contributed by atoms with Gasteiger partial charge in [-0.15, -0.1) is 0 Å². The molecule has 1 saturated carbocycles. The number of allylic oxidation sites excluding steroid dienone is 6. The molecule has 48 heavy (non-hydrogen) atoms. The normalized spacial score (nSPS) is 17.8. The van der Waals surface area contributed by atoms with Crippen molar-refractivity contribution in [2.75, 3.05) is 44.7 Å². The summed E-state index contributed by atoms with van der Waals surface area (Å²) in [4.78, 5) is 38.9. The number of rotatable bonds is 16. The minimum Gasteiger partial charge on any atom is -0.477 e. The van der Waals surface area contributed by atoms with Crippen molar-refractivity contribution in [1.82, 2.24) is 14.5 Å². The lowest BCUT2D eigenvalue weighted by atomic mass is 10.1. The van der Waals surface area contributed by atoms with E-state index in [-0.39, 0.29) is 28.7 Å². The molecule has 260 valence electrons. The summed E-state index contributed by atoms with van der Waals surface area (Å²) in [5.41, 5.74) is 5.35. The molecule has 2 aliphatic rings. The van der Waals surface area contributed by atoms with Crippen LogP contribution in [0.5, 0.6) is 0 Å². The molecule has 9 nitrogen and oxygen atoms in total. The van der Waals surface area contributed by atoms with Crippen LogP contribution in [0.2, 0.25) is 0 Å². The zero-order valence-electron chi connectivity index (χ0n) is 29.7. The number of fused-ring (bicyclic) bond motifs is 1. The van der Waals surface area contributed by atoms with Gasteiger partial charge >= 0.3 is 5.97 Å². The topological polar surface area (TPSA) is 100 Å². The molecule has 0 amide bonds. The van der Waals surface area contributed by atoms with Crippen molar-refractivity contribution in [3.05, 3.63) is 80.5 Å². The van der Waals surface area contributed by atoms with E-state index in [0.717, 1.165) is 63.4 Å². The van der Waals surface area contributed by atoms with E-state index in [9.17, 15) is 14.7 Å². The summed E-state index contributed by atoms with van der Waals surface area (Å²) in [6.45, 7) is 15.9. The number of carbonyl (C=O) groups is 1. The molecule has 0 spiro atoms. The summed E-state index contributed by atoms with van der Waals surface area (Å²) in [6, 6.07) is 1.18. The number of halogens is 1. The van der Waals surface area contributed by atoms with Crippen LogP contribution < -0.4 is 10.3 Å². The number of pyridine rings is 2. The van der Waals surface area contributed by atoms with Crippen LogP contribution >= 0.6 is 0 Å². The van der Waals surface area contributed by atoms with Crippen molar-refractivity contribution in [3.8, 4) is 0 Å². The smallest absolute Gasteiger partial charge is 0.341 e. The highest BCUT2D eigenvalue weighted by atomic mass is 19.1. The summed E-state index contributed by atoms with van der Waals surface area (Å²) < 4.78 is 17.5. The molecule has 0 bridgehead atoms. The first kappa shape index (κ1) is 36.8. The fourth-order valence-electron chi connectivity index (χ4n) is 6.03. The van der Waals surface area contributed by atoms with Gasteiger partial charge in [0, 0.05) is 44.3 Å². The van der Waals surface area contributed by atoms with Crippen LogP contribution in [0.25, 0.3) is 11.0 Å². The van der Waals surface area contributed by atoms with E-state index >= 15 is 4.39 Å². The van der Waals surface area contributed by atoms with Crippen LogP contribution in [-0.2, 0) is 4.84 Å². The minimum absolute atomic E-state index is 0.0192. The van der Waals surface area contributed by atoms with Crippen LogP contribution in [0.1, 0.15) is 96.5 Å². The highest BCUT2D eigenvalue weighted by Crippen LogP contribution is 2.37. The first-order chi connectivity index (χ1) is 22.9. The van der Waals surface area contributed by atoms with Crippen molar-refractivity contribution in [2.45, 2.75) is 86.1 Å². The van der Waals surface area contributed by atoms with Crippen LogP contribution in [0.3, 0.4) is 0 Å². The van der Waals surface area contributed by atoms with Crippen molar-refractivity contribution in [1.29, 1.82) is 0 Å². The molecule has 1 aliphatic heterocycles. The number of carboxylic acid groups (broad SMARTS) is 1. The Morgan fingerprint density at radius 1 is 1.04 bits per heavy atom. The van der Waals surface area contributed by atoms with Gasteiger partial charge < -0.3 is 19.4 Å². The zero-order chi connectivity index (χ0) is 35.0. The van der Waals surface area contributed by atoms with Crippen LogP contribution in [-0.4, -0.2) is 71.1 Å². The molecule has 4 rings (SSSR count). The molecule has 1 saturated heterocycles. The predicted molar refractivity (Wildman–Crippen MR) is 193 cm³/mol. The number of hydrogen-bond acceptors (Lipinski definition) is 7. The van der Waals surface area contributed by atoms with E-state index in [2.05, 4.69) is 80.9 Å².